The van der Waals surface area contributed by atoms with E-state index in [9.17, 15) is 4.79 Å². The molecule has 0 aromatic heterocycles. The Morgan fingerprint density at radius 3 is 2.94 bits per heavy atom. The van der Waals surface area contributed by atoms with Crippen molar-refractivity contribution >= 4 is 27.5 Å². The number of amides is 1. The Balaban J connectivity index is 1.94. The molecular formula is C13H17BrN2O2. The van der Waals surface area contributed by atoms with E-state index < -0.39 is 0 Å². The van der Waals surface area contributed by atoms with Gasteiger partial charge in [0, 0.05) is 28.9 Å². The van der Waals surface area contributed by atoms with Gasteiger partial charge in [-0.25, -0.2) is 0 Å². The van der Waals surface area contributed by atoms with Crippen LogP contribution in [0, 0.1) is 0 Å². The predicted molar refractivity (Wildman–Crippen MR) is 74.5 cm³/mol. The highest BCUT2D eigenvalue weighted by Crippen LogP contribution is 2.25. The second kappa shape index (κ2) is 6.20. The normalized spacial score (nSPS) is 14.3. The van der Waals surface area contributed by atoms with Crippen LogP contribution in [0.5, 0.6) is 0 Å². The first-order chi connectivity index (χ1) is 8.70. The molecule has 0 radical (unpaired) electrons. The molecule has 1 saturated carbocycles. The van der Waals surface area contributed by atoms with Gasteiger partial charge in [0.15, 0.2) is 0 Å². The van der Waals surface area contributed by atoms with E-state index in [1.54, 1.807) is 7.11 Å². The maximum atomic E-state index is 11.6. The van der Waals surface area contributed by atoms with Gasteiger partial charge in [-0.3, -0.25) is 4.79 Å². The summed E-state index contributed by atoms with van der Waals surface area (Å²) in [6, 6.07) is 6.25. The zero-order chi connectivity index (χ0) is 13.0. The molecule has 98 valence electrons. The van der Waals surface area contributed by atoms with Crippen molar-refractivity contribution in [3.63, 3.8) is 0 Å². The van der Waals surface area contributed by atoms with Gasteiger partial charge in [0.25, 0.3) is 0 Å². The monoisotopic (exact) mass is 312 g/mol. The smallest absolute Gasteiger partial charge is 0.239 e. The standard InChI is InChI=1S/C13H17BrN2O2/c1-18-8-10-11(14)3-2-4-12(10)15-7-13(17)16-9-5-6-9/h2-4,9,15H,5-8H2,1H3,(H,16,17). The van der Waals surface area contributed by atoms with Crippen LogP contribution in [-0.4, -0.2) is 25.6 Å². The van der Waals surface area contributed by atoms with Crippen molar-refractivity contribution in [1.82, 2.24) is 5.32 Å². The van der Waals surface area contributed by atoms with Crippen LogP contribution in [0.2, 0.25) is 0 Å². The fraction of sp³-hybridized carbons (Fsp3) is 0.462. The maximum Gasteiger partial charge on any atom is 0.239 e. The Hall–Kier alpha value is -1.07. The molecule has 0 aliphatic heterocycles. The molecule has 1 aromatic carbocycles. The molecule has 2 rings (SSSR count). The molecule has 1 aromatic rings. The van der Waals surface area contributed by atoms with Gasteiger partial charge in [-0.05, 0) is 25.0 Å². The van der Waals surface area contributed by atoms with Gasteiger partial charge in [0.1, 0.15) is 0 Å². The zero-order valence-corrected chi connectivity index (χ0v) is 11.9. The summed E-state index contributed by atoms with van der Waals surface area (Å²) in [5, 5.41) is 6.10. The number of carbonyl (C=O) groups is 1. The average molecular weight is 313 g/mol. The summed E-state index contributed by atoms with van der Waals surface area (Å²) in [4.78, 5) is 11.6. The third-order valence-corrected chi connectivity index (χ3v) is 3.53. The molecule has 1 aliphatic carbocycles. The highest BCUT2D eigenvalue weighted by atomic mass is 79.9. The molecule has 0 bridgehead atoms. The van der Waals surface area contributed by atoms with Gasteiger partial charge >= 0.3 is 0 Å². The van der Waals surface area contributed by atoms with Crippen LogP contribution in [0.3, 0.4) is 0 Å². The molecule has 2 N–H and O–H groups in total. The van der Waals surface area contributed by atoms with Gasteiger partial charge in [-0.1, -0.05) is 22.0 Å². The molecule has 1 aliphatic rings. The topological polar surface area (TPSA) is 50.4 Å². The van der Waals surface area contributed by atoms with Crippen molar-refractivity contribution in [2.24, 2.45) is 0 Å². The minimum absolute atomic E-state index is 0.0424. The number of rotatable bonds is 6. The van der Waals surface area contributed by atoms with Gasteiger partial charge < -0.3 is 15.4 Å². The summed E-state index contributed by atoms with van der Waals surface area (Å²) in [6.45, 7) is 0.803. The number of ether oxygens (including phenoxy) is 1. The summed E-state index contributed by atoms with van der Waals surface area (Å²) >= 11 is 3.48. The lowest BCUT2D eigenvalue weighted by Gasteiger charge is -2.13. The zero-order valence-electron chi connectivity index (χ0n) is 10.3. The van der Waals surface area contributed by atoms with Crippen LogP contribution in [0.1, 0.15) is 18.4 Å². The van der Waals surface area contributed by atoms with Crippen molar-refractivity contribution in [3.05, 3.63) is 28.2 Å². The highest BCUT2D eigenvalue weighted by Gasteiger charge is 2.22. The van der Waals surface area contributed by atoms with E-state index in [-0.39, 0.29) is 5.91 Å². The number of halogens is 1. The van der Waals surface area contributed by atoms with Crippen LogP contribution in [-0.2, 0) is 16.1 Å². The minimum Gasteiger partial charge on any atom is -0.380 e. The largest absolute Gasteiger partial charge is 0.380 e. The van der Waals surface area contributed by atoms with Crippen LogP contribution < -0.4 is 10.6 Å². The van der Waals surface area contributed by atoms with Crippen LogP contribution in [0.4, 0.5) is 5.69 Å². The van der Waals surface area contributed by atoms with Crippen LogP contribution in [0.25, 0.3) is 0 Å². The average Bonchev–Trinajstić information content (AvgIpc) is 3.14. The SMILES string of the molecule is COCc1c(Br)cccc1NCC(=O)NC1CC1. The first-order valence-electron chi connectivity index (χ1n) is 6.00. The molecule has 0 spiro atoms. The number of carbonyl (C=O) groups excluding carboxylic acids is 1. The number of anilines is 1. The van der Waals surface area contributed by atoms with E-state index in [2.05, 4.69) is 26.6 Å². The number of nitrogens with one attached hydrogen (secondary N) is 2. The number of hydrogen-bond donors (Lipinski definition) is 2. The second-order valence-corrected chi connectivity index (χ2v) is 5.25. The van der Waals surface area contributed by atoms with Gasteiger partial charge in [-0.2, -0.15) is 0 Å². The number of methoxy groups -OCH3 is 1. The molecule has 0 saturated heterocycles. The van der Waals surface area contributed by atoms with Crippen LogP contribution >= 0.6 is 15.9 Å². The first-order valence-corrected chi connectivity index (χ1v) is 6.79. The Morgan fingerprint density at radius 2 is 2.28 bits per heavy atom. The minimum atomic E-state index is 0.0424. The summed E-state index contributed by atoms with van der Waals surface area (Å²) in [5.74, 6) is 0.0424. The first kappa shape index (κ1) is 13.4. The molecule has 4 nitrogen and oxygen atoms in total. The Labute approximate surface area is 115 Å². The number of hydrogen-bond acceptors (Lipinski definition) is 3. The molecular weight excluding hydrogens is 296 g/mol. The fourth-order valence-corrected chi connectivity index (χ4v) is 2.18. The van der Waals surface area contributed by atoms with E-state index in [1.807, 2.05) is 18.2 Å². The summed E-state index contributed by atoms with van der Waals surface area (Å²) < 4.78 is 6.14. The van der Waals surface area contributed by atoms with E-state index in [0.29, 0.717) is 19.2 Å². The molecule has 1 amide bonds. The second-order valence-electron chi connectivity index (χ2n) is 4.39. The van der Waals surface area contributed by atoms with Gasteiger partial charge in [0.05, 0.1) is 13.2 Å². The maximum absolute atomic E-state index is 11.6. The third kappa shape index (κ3) is 3.71. The molecule has 1 fully saturated rings. The van der Waals surface area contributed by atoms with Crippen molar-refractivity contribution < 1.29 is 9.53 Å². The van der Waals surface area contributed by atoms with Gasteiger partial charge in [0.2, 0.25) is 5.91 Å². The molecule has 5 heteroatoms. The van der Waals surface area contributed by atoms with Crippen molar-refractivity contribution in [2.45, 2.75) is 25.5 Å². The van der Waals surface area contributed by atoms with Crippen molar-refractivity contribution in [1.29, 1.82) is 0 Å². The summed E-state index contributed by atoms with van der Waals surface area (Å²) in [7, 11) is 1.66. The lowest BCUT2D eigenvalue weighted by atomic mass is 10.2. The molecule has 0 heterocycles. The van der Waals surface area contributed by atoms with Crippen molar-refractivity contribution in [3.8, 4) is 0 Å². The summed E-state index contributed by atoms with van der Waals surface area (Å²) in [5.41, 5.74) is 1.95. The van der Waals surface area contributed by atoms with E-state index in [4.69, 9.17) is 4.74 Å². The van der Waals surface area contributed by atoms with E-state index in [1.165, 1.54) is 0 Å². The fourth-order valence-electron chi connectivity index (χ4n) is 1.70. The van der Waals surface area contributed by atoms with E-state index >= 15 is 0 Å². The molecule has 0 unspecified atom stereocenters. The lowest BCUT2D eigenvalue weighted by Crippen LogP contribution is -2.31. The highest BCUT2D eigenvalue weighted by molar-refractivity contribution is 9.10. The Kier molecular flexibility index (Phi) is 4.60. The molecule has 18 heavy (non-hydrogen) atoms. The quantitative estimate of drug-likeness (QED) is 0.847. The Bertz CT molecular complexity index is 433. The Morgan fingerprint density at radius 1 is 1.50 bits per heavy atom. The van der Waals surface area contributed by atoms with Crippen molar-refractivity contribution in [2.75, 3.05) is 19.0 Å². The summed E-state index contributed by atoms with van der Waals surface area (Å²) in [6.07, 6.45) is 2.22. The van der Waals surface area contributed by atoms with Crippen LogP contribution in [0.15, 0.2) is 22.7 Å². The predicted octanol–water partition coefficient (Wildman–Crippen LogP) is 2.29. The van der Waals surface area contributed by atoms with E-state index in [0.717, 1.165) is 28.6 Å². The lowest BCUT2D eigenvalue weighted by molar-refractivity contribution is -0.119. The molecule has 0 atom stereocenters. The number of benzene rings is 1. The third-order valence-electron chi connectivity index (χ3n) is 2.79. The van der Waals surface area contributed by atoms with Gasteiger partial charge in [-0.15, -0.1) is 0 Å².